The Morgan fingerprint density at radius 2 is 1.96 bits per heavy atom. The predicted molar refractivity (Wildman–Crippen MR) is 97.0 cm³/mol. The second kappa shape index (κ2) is 10.2. The summed E-state index contributed by atoms with van der Waals surface area (Å²) in [5, 5.41) is 0. The molecule has 25 heavy (non-hydrogen) atoms. The molecule has 0 unspecified atom stereocenters. The van der Waals surface area contributed by atoms with E-state index in [9.17, 15) is 9.59 Å². The van der Waals surface area contributed by atoms with E-state index in [1.54, 1.807) is 19.1 Å². The highest BCUT2D eigenvalue weighted by atomic mass is 16.5. The van der Waals surface area contributed by atoms with E-state index < -0.39 is 0 Å². The van der Waals surface area contributed by atoms with Crippen LogP contribution in [0.1, 0.15) is 56.3 Å². The minimum Gasteiger partial charge on any atom is -0.494 e. The van der Waals surface area contributed by atoms with Gasteiger partial charge in [-0.1, -0.05) is 0 Å². The number of esters is 1. The maximum absolute atomic E-state index is 12.0. The van der Waals surface area contributed by atoms with E-state index in [4.69, 9.17) is 9.47 Å². The fourth-order valence-electron chi connectivity index (χ4n) is 3.11. The fraction of sp³-hybridized carbons (Fsp3) is 0.600. The van der Waals surface area contributed by atoms with Crippen molar-refractivity contribution in [3.8, 4) is 5.75 Å². The van der Waals surface area contributed by atoms with Crippen molar-refractivity contribution in [2.45, 2.75) is 52.0 Å². The highest BCUT2D eigenvalue weighted by molar-refractivity contribution is 5.97. The van der Waals surface area contributed by atoms with Crippen LogP contribution >= 0.6 is 0 Å². The van der Waals surface area contributed by atoms with Gasteiger partial charge in [-0.2, -0.15) is 0 Å². The molecule has 0 aromatic heterocycles. The lowest BCUT2D eigenvalue weighted by molar-refractivity contribution is -0.143. The molecule has 0 radical (unpaired) electrons. The van der Waals surface area contributed by atoms with Crippen LogP contribution in [0.2, 0.25) is 0 Å². The van der Waals surface area contributed by atoms with Gasteiger partial charge < -0.3 is 14.4 Å². The van der Waals surface area contributed by atoms with Crippen molar-refractivity contribution in [1.82, 2.24) is 4.90 Å². The molecule has 0 saturated carbocycles. The zero-order chi connectivity index (χ0) is 18.1. The van der Waals surface area contributed by atoms with Gasteiger partial charge in [0.05, 0.1) is 19.6 Å². The van der Waals surface area contributed by atoms with E-state index in [0.29, 0.717) is 24.8 Å². The van der Waals surface area contributed by atoms with Gasteiger partial charge in [-0.15, -0.1) is 0 Å². The van der Waals surface area contributed by atoms with Crippen molar-refractivity contribution in [3.63, 3.8) is 0 Å². The lowest BCUT2D eigenvalue weighted by Crippen LogP contribution is -2.28. The van der Waals surface area contributed by atoms with Crippen molar-refractivity contribution >= 4 is 11.8 Å². The van der Waals surface area contributed by atoms with Gasteiger partial charge in [0.2, 0.25) is 0 Å². The van der Waals surface area contributed by atoms with Crippen LogP contribution in [0, 0.1) is 0 Å². The number of benzene rings is 1. The number of carbonyl (C=O) groups is 2. The third-order valence-corrected chi connectivity index (χ3v) is 4.59. The number of ether oxygens (including phenoxy) is 2. The number of Topliss-reactive ketones (excluding diaryl/α,β-unsaturated/α-hetero) is 1. The molecule has 5 nitrogen and oxygen atoms in total. The molecule has 1 heterocycles. The number of ketones is 1. The van der Waals surface area contributed by atoms with Gasteiger partial charge in [-0.05, 0) is 63.9 Å². The summed E-state index contributed by atoms with van der Waals surface area (Å²) in [7, 11) is 0. The third kappa shape index (κ3) is 6.50. The molecule has 0 aliphatic carbocycles. The highest BCUT2D eigenvalue weighted by Gasteiger charge is 2.19. The maximum atomic E-state index is 12.0. The van der Waals surface area contributed by atoms with E-state index in [-0.39, 0.29) is 24.6 Å². The van der Waals surface area contributed by atoms with Crippen LogP contribution in [0.4, 0.5) is 0 Å². The van der Waals surface area contributed by atoms with Gasteiger partial charge >= 0.3 is 5.97 Å². The summed E-state index contributed by atoms with van der Waals surface area (Å²) in [6.45, 7) is 7.33. The molecule has 138 valence electrons. The summed E-state index contributed by atoms with van der Waals surface area (Å²) in [4.78, 5) is 25.9. The van der Waals surface area contributed by atoms with Crippen LogP contribution in [0.3, 0.4) is 0 Å². The van der Waals surface area contributed by atoms with E-state index in [0.717, 1.165) is 18.7 Å². The number of hydrogen-bond acceptors (Lipinski definition) is 5. The molecule has 0 amide bonds. The summed E-state index contributed by atoms with van der Waals surface area (Å²) >= 11 is 0. The van der Waals surface area contributed by atoms with Crippen molar-refractivity contribution in [2.75, 3.05) is 26.3 Å². The lowest BCUT2D eigenvalue weighted by Gasteiger charge is -2.20. The highest BCUT2D eigenvalue weighted by Crippen LogP contribution is 2.17. The quantitative estimate of drug-likeness (QED) is 0.368. The topological polar surface area (TPSA) is 55.8 Å². The largest absolute Gasteiger partial charge is 0.494 e. The average molecular weight is 347 g/mol. The summed E-state index contributed by atoms with van der Waals surface area (Å²) in [6, 6.07) is 7.84. The molecule has 1 saturated heterocycles. The fourth-order valence-corrected chi connectivity index (χ4v) is 3.11. The van der Waals surface area contributed by atoms with Gasteiger partial charge in [-0.25, -0.2) is 0 Å². The summed E-state index contributed by atoms with van der Waals surface area (Å²) < 4.78 is 10.6. The van der Waals surface area contributed by atoms with Gasteiger partial charge in [-0.3, -0.25) is 9.59 Å². The normalized spacial score (nSPS) is 17.4. The molecule has 0 bridgehead atoms. The number of carbonyl (C=O) groups excluding carboxylic acids is 2. The van der Waals surface area contributed by atoms with Gasteiger partial charge in [0.25, 0.3) is 0 Å². The van der Waals surface area contributed by atoms with Crippen LogP contribution in [0.15, 0.2) is 24.3 Å². The molecule has 0 spiro atoms. The van der Waals surface area contributed by atoms with Crippen molar-refractivity contribution < 1.29 is 19.1 Å². The van der Waals surface area contributed by atoms with Crippen molar-refractivity contribution in [1.29, 1.82) is 0 Å². The predicted octanol–water partition coefficient (Wildman–Crippen LogP) is 3.47. The Balaban J connectivity index is 1.68. The smallest absolute Gasteiger partial charge is 0.306 e. The molecule has 1 aromatic rings. The van der Waals surface area contributed by atoms with E-state index in [1.165, 1.54) is 19.4 Å². The molecule has 1 atom stereocenters. The molecule has 5 heteroatoms. The average Bonchev–Trinajstić information content (AvgIpc) is 3.02. The molecular weight excluding hydrogens is 318 g/mol. The Labute approximate surface area is 150 Å². The first kappa shape index (κ1) is 19.4. The second-order valence-electron chi connectivity index (χ2n) is 6.48. The summed E-state index contributed by atoms with van der Waals surface area (Å²) in [6.07, 6.45) is 3.90. The maximum Gasteiger partial charge on any atom is 0.306 e. The lowest BCUT2D eigenvalue weighted by atomic mass is 10.1. The molecule has 1 aromatic carbocycles. The standard InChI is InChI=1S/C20H29NO4/c1-3-24-20(23)12-11-19(22)17-7-9-18(10-8-17)25-15-5-14-21-13-4-6-16(21)2/h7-10,16H,3-6,11-15H2,1-2H3/t16-/m1/s1. The first-order valence-corrected chi connectivity index (χ1v) is 9.26. The Morgan fingerprint density at radius 1 is 1.20 bits per heavy atom. The van der Waals surface area contributed by atoms with Crippen LogP contribution in [-0.4, -0.2) is 49.0 Å². The minimum atomic E-state index is -0.330. The molecule has 1 aliphatic rings. The van der Waals surface area contributed by atoms with E-state index >= 15 is 0 Å². The Morgan fingerprint density at radius 3 is 2.60 bits per heavy atom. The van der Waals surface area contributed by atoms with E-state index in [1.807, 2.05) is 12.1 Å². The van der Waals surface area contributed by atoms with Crippen LogP contribution in [-0.2, 0) is 9.53 Å². The number of nitrogens with zero attached hydrogens (tertiary/aromatic N) is 1. The summed E-state index contributed by atoms with van der Waals surface area (Å²) in [5.41, 5.74) is 0.600. The molecular formula is C20H29NO4. The zero-order valence-corrected chi connectivity index (χ0v) is 15.3. The number of hydrogen-bond donors (Lipinski definition) is 0. The molecule has 2 rings (SSSR count). The SMILES string of the molecule is CCOC(=O)CCC(=O)c1ccc(OCCCN2CCC[C@H]2C)cc1. The number of likely N-dealkylation sites (tertiary alicyclic amines) is 1. The van der Waals surface area contributed by atoms with Crippen molar-refractivity contribution in [2.24, 2.45) is 0 Å². The van der Waals surface area contributed by atoms with Gasteiger partial charge in [0.15, 0.2) is 5.78 Å². The van der Waals surface area contributed by atoms with Gasteiger partial charge in [0.1, 0.15) is 5.75 Å². The summed E-state index contributed by atoms with van der Waals surface area (Å²) in [5.74, 6) is 0.391. The molecule has 1 aliphatic heterocycles. The Bertz CT molecular complexity index is 555. The monoisotopic (exact) mass is 347 g/mol. The Hall–Kier alpha value is -1.88. The second-order valence-corrected chi connectivity index (χ2v) is 6.48. The van der Waals surface area contributed by atoms with Crippen LogP contribution < -0.4 is 4.74 Å². The first-order chi connectivity index (χ1) is 12.1. The first-order valence-electron chi connectivity index (χ1n) is 9.26. The van der Waals surface area contributed by atoms with Gasteiger partial charge in [0, 0.05) is 24.6 Å². The molecule has 0 N–H and O–H groups in total. The minimum absolute atomic E-state index is 0.0531. The molecule has 1 fully saturated rings. The Kier molecular flexibility index (Phi) is 7.92. The van der Waals surface area contributed by atoms with Crippen LogP contribution in [0.25, 0.3) is 0 Å². The van der Waals surface area contributed by atoms with E-state index in [2.05, 4.69) is 11.8 Å². The van der Waals surface area contributed by atoms with Crippen LogP contribution in [0.5, 0.6) is 5.75 Å². The number of rotatable bonds is 10. The zero-order valence-electron chi connectivity index (χ0n) is 15.3. The van der Waals surface area contributed by atoms with Crippen molar-refractivity contribution in [3.05, 3.63) is 29.8 Å². The third-order valence-electron chi connectivity index (χ3n) is 4.59.